The van der Waals surface area contributed by atoms with E-state index in [0.717, 1.165) is 30.8 Å². The van der Waals surface area contributed by atoms with Gasteiger partial charge in [0.1, 0.15) is 5.75 Å². The van der Waals surface area contributed by atoms with E-state index >= 15 is 0 Å². The predicted octanol–water partition coefficient (Wildman–Crippen LogP) is 5.17. The first-order valence-corrected chi connectivity index (χ1v) is 8.02. The minimum absolute atomic E-state index is 0.185. The molecule has 1 N–H and O–H groups in total. The molecule has 3 nitrogen and oxygen atoms in total. The Hall–Kier alpha value is -2.26. The largest absolute Gasteiger partial charge is 0.494 e. The van der Waals surface area contributed by atoms with E-state index in [1.807, 2.05) is 24.3 Å². The van der Waals surface area contributed by atoms with E-state index < -0.39 is 0 Å². The van der Waals surface area contributed by atoms with Crippen LogP contribution in [0.2, 0.25) is 5.02 Å². The van der Waals surface area contributed by atoms with Crippen molar-refractivity contribution in [3.63, 3.8) is 0 Å². The fourth-order valence-corrected chi connectivity index (χ4v) is 2.02. The van der Waals surface area contributed by atoms with Crippen LogP contribution in [0.15, 0.2) is 54.6 Å². The first-order valence-electron chi connectivity index (χ1n) is 7.65. The number of benzene rings is 2. The maximum Gasteiger partial charge on any atom is 0.248 e. The second kappa shape index (κ2) is 9.01. The average Bonchev–Trinajstić information content (AvgIpc) is 2.56. The van der Waals surface area contributed by atoms with Gasteiger partial charge < -0.3 is 10.1 Å². The van der Waals surface area contributed by atoms with Crippen molar-refractivity contribution in [2.24, 2.45) is 0 Å². The quantitative estimate of drug-likeness (QED) is 0.562. The van der Waals surface area contributed by atoms with E-state index in [1.165, 1.54) is 6.08 Å². The molecule has 0 saturated heterocycles. The van der Waals surface area contributed by atoms with Crippen LogP contribution in [-0.2, 0) is 4.79 Å². The third kappa shape index (κ3) is 6.17. The van der Waals surface area contributed by atoms with Gasteiger partial charge in [-0.05, 0) is 54.5 Å². The number of hydrogen-bond acceptors (Lipinski definition) is 2. The maximum absolute atomic E-state index is 11.9. The van der Waals surface area contributed by atoms with Crippen molar-refractivity contribution in [1.29, 1.82) is 0 Å². The molecule has 0 unspecified atom stereocenters. The van der Waals surface area contributed by atoms with Gasteiger partial charge in [0.25, 0.3) is 0 Å². The Morgan fingerprint density at radius 1 is 1.13 bits per heavy atom. The predicted molar refractivity (Wildman–Crippen MR) is 96.0 cm³/mol. The van der Waals surface area contributed by atoms with Gasteiger partial charge in [0.2, 0.25) is 5.91 Å². The summed E-state index contributed by atoms with van der Waals surface area (Å²) in [5, 5.41) is 3.41. The van der Waals surface area contributed by atoms with E-state index in [9.17, 15) is 4.79 Å². The lowest BCUT2D eigenvalue weighted by molar-refractivity contribution is -0.111. The Labute approximate surface area is 141 Å². The molecule has 120 valence electrons. The summed E-state index contributed by atoms with van der Waals surface area (Å²) in [6, 6.07) is 14.7. The molecule has 1 amide bonds. The zero-order valence-corrected chi connectivity index (χ0v) is 13.8. The minimum Gasteiger partial charge on any atom is -0.494 e. The van der Waals surface area contributed by atoms with Crippen molar-refractivity contribution in [2.45, 2.75) is 19.8 Å². The van der Waals surface area contributed by atoms with Crippen LogP contribution >= 0.6 is 11.6 Å². The van der Waals surface area contributed by atoms with Gasteiger partial charge in [-0.1, -0.05) is 37.1 Å². The van der Waals surface area contributed by atoms with Crippen LogP contribution in [0, 0.1) is 0 Å². The Morgan fingerprint density at radius 3 is 2.48 bits per heavy atom. The summed E-state index contributed by atoms with van der Waals surface area (Å²) < 4.78 is 5.60. The van der Waals surface area contributed by atoms with E-state index in [2.05, 4.69) is 12.2 Å². The summed E-state index contributed by atoms with van der Waals surface area (Å²) in [6.45, 7) is 2.86. The molecule has 0 atom stereocenters. The van der Waals surface area contributed by atoms with Crippen molar-refractivity contribution in [2.75, 3.05) is 11.9 Å². The van der Waals surface area contributed by atoms with Crippen LogP contribution in [0.1, 0.15) is 25.3 Å². The van der Waals surface area contributed by atoms with Crippen molar-refractivity contribution in [3.05, 3.63) is 65.2 Å². The van der Waals surface area contributed by atoms with Crippen LogP contribution in [0.4, 0.5) is 5.69 Å². The van der Waals surface area contributed by atoms with Crippen molar-refractivity contribution in [1.82, 2.24) is 0 Å². The lowest BCUT2D eigenvalue weighted by Crippen LogP contribution is -2.07. The highest BCUT2D eigenvalue weighted by molar-refractivity contribution is 6.30. The third-order valence-electron chi connectivity index (χ3n) is 3.19. The van der Waals surface area contributed by atoms with Gasteiger partial charge in [-0.15, -0.1) is 0 Å². The van der Waals surface area contributed by atoms with Crippen molar-refractivity contribution in [3.8, 4) is 5.75 Å². The molecule has 4 heteroatoms. The first kappa shape index (κ1) is 17.1. The number of carbonyl (C=O) groups is 1. The third-order valence-corrected chi connectivity index (χ3v) is 3.44. The van der Waals surface area contributed by atoms with Gasteiger partial charge in [0.05, 0.1) is 6.61 Å². The lowest BCUT2D eigenvalue weighted by atomic mass is 10.2. The fraction of sp³-hybridized carbons (Fsp3) is 0.211. The Bertz CT molecular complexity index is 648. The van der Waals surface area contributed by atoms with Crippen LogP contribution in [0.25, 0.3) is 6.08 Å². The number of ether oxygens (including phenoxy) is 1. The first-order chi connectivity index (χ1) is 11.2. The SMILES string of the molecule is CCCCOc1ccc(C=CC(=O)Nc2ccc(Cl)cc2)cc1. The van der Waals surface area contributed by atoms with Crippen LogP contribution in [0.3, 0.4) is 0 Å². The molecule has 0 saturated carbocycles. The van der Waals surface area contributed by atoms with Gasteiger partial charge in [-0.2, -0.15) is 0 Å². The van der Waals surface area contributed by atoms with E-state index in [-0.39, 0.29) is 5.91 Å². The van der Waals surface area contributed by atoms with Gasteiger partial charge >= 0.3 is 0 Å². The molecule has 2 rings (SSSR count). The number of amides is 1. The summed E-state index contributed by atoms with van der Waals surface area (Å²) in [4.78, 5) is 11.9. The van der Waals surface area contributed by atoms with Crippen molar-refractivity contribution < 1.29 is 9.53 Å². The van der Waals surface area contributed by atoms with Gasteiger partial charge in [0.15, 0.2) is 0 Å². The summed E-state index contributed by atoms with van der Waals surface area (Å²) >= 11 is 5.81. The molecule has 0 radical (unpaired) electrons. The Morgan fingerprint density at radius 2 is 1.83 bits per heavy atom. The molecule has 0 heterocycles. The van der Waals surface area contributed by atoms with E-state index in [0.29, 0.717) is 10.7 Å². The van der Waals surface area contributed by atoms with Gasteiger partial charge in [0, 0.05) is 16.8 Å². The lowest BCUT2D eigenvalue weighted by Gasteiger charge is -2.05. The Kier molecular flexibility index (Phi) is 6.70. The van der Waals surface area contributed by atoms with Gasteiger partial charge in [-0.3, -0.25) is 4.79 Å². The molecule has 0 aliphatic rings. The molecule has 2 aromatic carbocycles. The molecule has 0 bridgehead atoms. The number of hydrogen-bond donors (Lipinski definition) is 1. The van der Waals surface area contributed by atoms with Crippen LogP contribution in [0.5, 0.6) is 5.75 Å². The van der Waals surface area contributed by atoms with E-state index in [1.54, 1.807) is 30.3 Å². The second-order valence-corrected chi connectivity index (χ2v) is 5.54. The molecule has 2 aromatic rings. The number of anilines is 1. The number of unbranched alkanes of at least 4 members (excludes halogenated alkanes) is 1. The number of halogens is 1. The normalized spacial score (nSPS) is 10.7. The molecule has 0 aromatic heterocycles. The van der Waals surface area contributed by atoms with Crippen LogP contribution in [-0.4, -0.2) is 12.5 Å². The van der Waals surface area contributed by atoms with Crippen LogP contribution < -0.4 is 10.1 Å². The molecule has 0 spiro atoms. The maximum atomic E-state index is 11.9. The molecular formula is C19H20ClNO2. The second-order valence-electron chi connectivity index (χ2n) is 5.10. The average molecular weight is 330 g/mol. The van der Waals surface area contributed by atoms with Gasteiger partial charge in [-0.25, -0.2) is 0 Å². The topological polar surface area (TPSA) is 38.3 Å². The highest BCUT2D eigenvalue weighted by atomic mass is 35.5. The monoisotopic (exact) mass is 329 g/mol. The highest BCUT2D eigenvalue weighted by Gasteiger charge is 1.98. The molecule has 23 heavy (non-hydrogen) atoms. The van der Waals surface area contributed by atoms with Crippen molar-refractivity contribution >= 4 is 29.3 Å². The molecule has 0 fully saturated rings. The molecular weight excluding hydrogens is 310 g/mol. The zero-order valence-electron chi connectivity index (χ0n) is 13.1. The zero-order chi connectivity index (χ0) is 16.5. The fourth-order valence-electron chi connectivity index (χ4n) is 1.90. The van der Waals surface area contributed by atoms with E-state index in [4.69, 9.17) is 16.3 Å². The minimum atomic E-state index is -0.185. The number of rotatable bonds is 7. The number of carbonyl (C=O) groups excluding carboxylic acids is 1. The highest BCUT2D eigenvalue weighted by Crippen LogP contribution is 2.15. The Balaban J connectivity index is 1.86. The smallest absolute Gasteiger partial charge is 0.248 e. The summed E-state index contributed by atoms with van der Waals surface area (Å²) in [6.07, 6.45) is 5.43. The molecule has 0 aliphatic heterocycles. The standard InChI is InChI=1S/C19H20ClNO2/c1-2-3-14-23-18-11-4-15(5-12-18)6-13-19(22)21-17-9-7-16(20)8-10-17/h4-13H,2-3,14H2,1H3,(H,21,22). The number of nitrogens with one attached hydrogen (secondary N) is 1. The summed E-state index contributed by atoms with van der Waals surface area (Å²) in [5.41, 5.74) is 1.66. The summed E-state index contributed by atoms with van der Waals surface area (Å²) in [5.74, 6) is 0.664. The molecule has 0 aliphatic carbocycles. The summed E-state index contributed by atoms with van der Waals surface area (Å²) in [7, 11) is 0.